The van der Waals surface area contributed by atoms with Crippen molar-refractivity contribution in [3.05, 3.63) is 91.9 Å². The van der Waals surface area contributed by atoms with Crippen molar-refractivity contribution in [1.82, 2.24) is 5.32 Å². The number of amides is 1. The number of halogens is 1. The fraction of sp³-hybridized carbons (Fsp3) is 0.190. The van der Waals surface area contributed by atoms with E-state index in [-0.39, 0.29) is 24.3 Å². The third kappa shape index (κ3) is 5.17. The molecule has 3 aromatic rings. The Morgan fingerprint density at radius 2 is 2.00 bits per heavy atom. The summed E-state index contributed by atoms with van der Waals surface area (Å²) >= 11 is 1.53. The Hall–Kier alpha value is -3.26. The van der Waals surface area contributed by atoms with Gasteiger partial charge in [-0.1, -0.05) is 37.3 Å². The van der Waals surface area contributed by atoms with Crippen molar-refractivity contribution >= 4 is 22.9 Å². The molecule has 0 saturated heterocycles. The van der Waals surface area contributed by atoms with Crippen molar-refractivity contribution in [3.63, 3.8) is 0 Å². The van der Waals surface area contributed by atoms with Crippen molar-refractivity contribution in [2.45, 2.75) is 19.4 Å². The van der Waals surface area contributed by atoms with Crippen molar-refractivity contribution in [2.75, 3.05) is 6.61 Å². The Kier molecular flexibility index (Phi) is 6.56. The molecule has 8 heteroatoms. The summed E-state index contributed by atoms with van der Waals surface area (Å²) in [5, 5.41) is 15.5. The topological polar surface area (TPSA) is 81.5 Å². The zero-order valence-electron chi connectivity index (χ0n) is 15.6. The van der Waals surface area contributed by atoms with Gasteiger partial charge in [0, 0.05) is 17.0 Å². The number of carbonyl (C=O) groups excluding carboxylic acids is 1. The first-order valence-corrected chi connectivity index (χ1v) is 9.84. The standard InChI is InChI=1S/C21H19FN2O4S/c1-2-14-5-7-15(8-6-14)21(19-4-3-11-29-19)23-20(25)13-28-16-9-10-18(24(26)27)17(22)12-16/h3-12,21H,2,13H2,1H3,(H,23,25). The van der Waals surface area contributed by atoms with E-state index >= 15 is 0 Å². The number of rotatable bonds is 8. The summed E-state index contributed by atoms with van der Waals surface area (Å²) in [6, 6.07) is 14.7. The van der Waals surface area contributed by atoms with Gasteiger partial charge in [0.2, 0.25) is 5.82 Å². The quantitative estimate of drug-likeness (QED) is 0.430. The van der Waals surface area contributed by atoms with Gasteiger partial charge < -0.3 is 10.1 Å². The first-order chi connectivity index (χ1) is 14.0. The maximum Gasteiger partial charge on any atom is 0.305 e. The maximum atomic E-state index is 13.7. The van der Waals surface area contributed by atoms with Crippen LogP contribution < -0.4 is 10.1 Å². The van der Waals surface area contributed by atoms with E-state index in [1.165, 1.54) is 23.0 Å². The van der Waals surface area contributed by atoms with E-state index in [0.29, 0.717) is 0 Å². The average Bonchev–Trinajstić information content (AvgIpc) is 3.25. The summed E-state index contributed by atoms with van der Waals surface area (Å²) < 4.78 is 19.0. The number of benzene rings is 2. The van der Waals surface area contributed by atoms with Crippen LogP contribution in [-0.4, -0.2) is 17.4 Å². The molecule has 1 amide bonds. The highest BCUT2D eigenvalue weighted by atomic mass is 32.1. The molecule has 0 fully saturated rings. The van der Waals surface area contributed by atoms with Crippen molar-refractivity contribution in [3.8, 4) is 5.75 Å². The van der Waals surface area contributed by atoms with Crippen LogP contribution in [0.3, 0.4) is 0 Å². The van der Waals surface area contributed by atoms with Crippen LogP contribution in [0.4, 0.5) is 10.1 Å². The maximum absolute atomic E-state index is 13.7. The molecular formula is C21H19FN2O4S. The summed E-state index contributed by atoms with van der Waals surface area (Å²) in [4.78, 5) is 23.3. The second-order valence-electron chi connectivity index (χ2n) is 6.27. The summed E-state index contributed by atoms with van der Waals surface area (Å²) in [7, 11) is 0. The minimum Gasteiger partial charge on any atom is -0.484 e. The van der Waals surface area contributed by atoms with E-state index in [1.54, 1.807) is 0 Å². The molecule has 29 heavy (non-hydrogen) atoms. The van der Waals surface area contributed by atoms with Gasteiger partial charge in [0.05, 0.1) is 11.0 Å². The van der Waals surface area contributed by atoms with Crippen molar-refractivity contribution in [1.29, 1.82) is 0 Å². The molecule has 1 atom stereocenters. The molecule has 1 aromatic heterocycles. The van der Waals surface area contributed by atoms with E-state index in [9.17, 15) is 19.3 Å². The molecule has 1 unspecified atom stereocenters. The highest BCUT2D eigenvalue weighted by Crippen LogP contribution is 2.27. The van der Waals surface area contributed by atoms with Gasteiger partial charge in [-0.25, -0.2) is 0 Å². The minimum atomic E-state index is -1.01. The largest absolute Gasteiger partial charge is 0.484 e. The summed E-state index contributed by atoms with van der Waals surface area (Å²) in [5.74, 6) is -1.36. The summed E-state index contributed by atoms with van der Waals surface area (Å²) in [5.41, 5.74) is 1.50. The normalized spacial score (nSPS) is 11.7. The Balaban J connectivity index is 1.68. The van der Waals surface area contributed by atoms with Gasteiger partial charge in [-0.05, 0) is 35.1 Å². The molecule has 150 valence electrons. The van der Waals surface area contributed by atoms with Crippen LogP contribution in [0.5, 0.6) is 5.75 Å². The van der Waals surface area contributed by atoms with Gasteiger partial charge in [0.15, 0.2) is 6.61 Å². The number of nitrogens with one attached hydrogen (secondary N) is 1. The van der Waals surface area contributed by atoms with E-state index in [2.05, 4.69) is 12.2 Å². The fourth-order valence-electron chi connectivity index (χ4n) is 2.80. The van der Waals surface area contributed by atoms with Gasteiger partial charge in [-0.15, -0.1) is 11.3 Å². The van der Waals surface area contributed by atoms with Crippen LogP contribution in [-0.2, 0) is 11.2 Å². The predicted molar refractivity (Wildman–Crippen MR) is 109 cm³/mol. The molecule has 6 nitrogen and oxygen atoms in total. The second kappa shape index (κ2) is 9.29. The molecule has 0 saturated carbocycles. The monoisotopic (exact) mass is 414 g/mol. The van der Waals surface area contributed by atoms with E-state index in [0.717, 1.165) is 29.0 Å². The van der Waals surface area contributed by atoms with Crippen LogP contribution in [0, 0.1) is 15.9 Å². The Bertz CT molecular complexity index is 990. The molecule has 0 aliphatic carbocycles. The highest BCUT2D eigenvalue weighted by molar-refractivity contribution is 7.10. The molecule has 0 bridgehead atoms. The van der Waals surface area contributed by atoms with Gasteiger partial charge in [-0.2, -0.15) is 4.39 Å². The minimum absolute atomic E-state index is 0.0447. The third-order valence-corrected chi connectivity index (χ3v) is 5.28. The molecule has 0 aliphatic rings. The third-order valence-electron chi connectivity index (χ3n) is 4.34. The smallest absolute Gasteiger partial charge is 0.305 e. The lowest BCUT2D eigenvalue weighted by Gasteiger charge is -2.19. The van der Waals surface area contributed by atoms with Gasteiger partial charge in [-0.3, -0.25) is 14.9 Å². The molecule has 2 aromatic carbocycles. The Labute approximate surface area is 171 Å². The van der Waals surface area contributed by atoms with Crippen LogP contribution >= 0.6 is 11.3 Å². The second-order valence-corrected chi connectivity index (χ2v) is 7.25. The number of aryl methyl sites for hydroxylation is 1. The number of nitro groups is 1. The van der Waals surface area contributed by atoms with E-state index in [4.69, 9.17) is 4.74 Å². The number of nitrogens with zero attached hydrogens (tertiary/aromatic N) is 1. The summed E-state index contributed by atoms with van der Waals surface area (Å²) in [6.45, 7) is 1.73. The van der Waals surface area contributed by atoms with Gasteiger partial charge >= 0.3 is 5.69 Å². The molecule has 1 heterocycles. The average molecular weight is 414 g/mol. The van der Waals surface area contributed by atoms with Crippen molar-refractivity contribution < 1.29 is 18.8 Å². The number of hydrogen-bond acceptors (Lipinski definition) is 5. The van der Waals surface area contributed by atoms with Crippen LogP contribution in [0.25, 0.3) is 0 Å². The van der Waals surface area contributed by atoms with Crippen molar-refractivity contribution in [2.24, 2.45) is 0 Å². The lowest BCUT2D eigenvalue weighted by Crippen LogP contribution is -2.32. The fourth-order valence-corrected chi connectivity index (χ4v) is 3.60. The van der Waals surface area contributed by atoms with Crippen LogP contribution in [0.1, 0.15) is 29.0 Å². The number of hydrogen-bond donors (Lipinski definition) is 1. The van der Waals surface area contributed by atoms with E-state index < -0.39 is 16.4 Å². The summed E-state index contributed by atoms with van der Waals surface area (Å²) in [6.07, 6.45) is 0.927. The molecule has 1 N–H and O–H groups in total. The van der Waals surface area contributed by atoms with Gasteiger partial charge in [0.25, 0.3) is 5.91 Å². The number of nitro benzene ring substituents is 1. The number of ether oxygens (including phenoxy) is 1. The first-order valence-electron chi connectivity index (χ1n) is 8.96. The molecule has 0 spiro atoms. The Morgan fingerprint density at radius 1 is 1.24 bits per heavy atom. The molecule has 3 rings (SSSR count). The predicted octanol–water partition coefficient (Wildman–Crippen LogP) is 4.64. The van der Waals surface area contributed by atoms with Crippen LogP contribution in [0.2, 0.25) is 0 Å². The zero-order valence-corrected chi connectivity index (χ0v) is 16.4. The zero-order chi connectivity index (χ0) is 20.8. The lowest BCUT2D eigenvalue weighted by molar-refractivity contribution is -0.387. The Morgan fingerprint density at radius 3 is 2.59 bits per heavy atom. The van der Waals surface area contributed by atoms with Crippen LogP contribution in [0.15, 0.2) is 60.0 Å². The molecular weight excluding hydrogens is 395 g/mol. The highest BCUT2D eigenvalue weighted by Gasteiger charge is 2.19. The van der Waals surface area contributed by atoms with Gasteiger partial charge in [0.1, 0.15) is 5.75 Å². The first kappa shape index (κ1) is 20.5. The number of thiophene rings is 1. The van der Waals surface area contributed by atoms with E-state index in [1.807, 2.05) is 41.8 Å². The molecule has 0 aliphatic heterocycles. The number of carbonyl (C=O) groups is 1. The molecule has 0 radical (unpaired) electrons. The lowest BCUT2D eigenvalue weighted by atomic mass is 10.0. The SMILES string of the molecule is CCc1ccc(C(NC(=O)COc2ccc([N+](=O)[O-])c(F)c2)c2cccs2)cc1.